The van der Waals surface area contributed by atoms with Gasteiger partial charge >= 0.3 is 5.69 Å². The van der Waals surface area contributed by atoms with Crippen LogP contribution in [-0.4, -0.2) is 35.8 Å². The van der Waals surface area contributed by atoms with Crippen molar-refractivity contribution >= 4 is 21.4 Å². The molecule has 0 aliphatic heterocycles. The van der Waals surface area contributed by atoms with Crippen LogP contribution in [0.15, 0.2) is 39.9 Å². The Balaban J connectivity index is 2.27. The molecule has 0 radical (unpaired) electrons. The maximum absolute atomic E-state index is 12.6. The molecule has 0 aliphatic carbocycles. The van der Waals surface area contributed by atoms with Crippen LogP contribution in [0.1, 0.15) is 12.6 Å². The SMILES string of the molecule is COc1ccccc1NC(=O)C(C)S(=O)(=O)Cc1cc(=O)n(C)c(=O)n1C. The predicted molar refractivity (Wildman–Crippen MR) is 101 cm³/mol. The zero-order valence-electron chi connectivity index (χ0n) is 15.4. The van der Waals surface area contributed by atoms with Crippen LogP contribution in [-0.2, 0) is 34.5 Å². The number of benzene rings is 1. The van der Waals surface area contributed by atoms with Crippen LogP contribution in [0.3, 0.4) is 0 Å². The Morgan fingerprint density at radius 1 is 1.19 bits per heavy atom. The number of para-hydroxylation sites is 2. The van der Waals surface area contributed by atoms with Crippen LogP contribution in [0.5, 0.6) is 5.75 Å². The van der Waals surface area contributed by atoms with Crippen LogP contribution in [0, 0.1) is 0 Å². The number of aromatic nitrogens is 2. The number of amides is 1. The number of hydrogen-bond acceptors (Lipinski definition) is 6. The van der Waals surface area contributed by atoms with E-state index in [1.54, 1.807) is 24.3 Å². The molecule has 0 fully saturated rings. The van der Waals surface area contributed by atoms with Gasteiger partial charge in [0.05, 0.1) is 18.6 Å². The summed E-state index contributed by atoms with van der Waals surface area (Å²) in [5, 5.41) is 1.12. The number of nitrogens with one attached hydrogen (secondary N) is 1. The van der Waals surface area contributed by atoms with Crippen LogP contribution in [0.2, 0.25) is 0 Å². The maximum atomic E-state index is 12.6. The van der Waals surface area contributed by atoms with Crippen molar-refractivity contribution in [2.75, 3.05) is 12.4 Å². The number of carbonyl (C=O) groups is 1. The first kappa shape index (κ1) is 20.4. The van der Waals surface area contributed by atoms with E-state index in [9.17, 15) is 22.8 Å². The van der Waals surface area contributed by atoms with E-state index in [-0.39, 0.29) is 5.69 Å². The Morgan fingerprint density at radius 2 is 1.81 bits per heavy atom. The highest BCUT2D eigenvalue weighted by Gasteiger charge is 2.30. The Labute approximate surface area is 156 Å². The van der Waals surface area contributed by atoms with E-state index in [4.69, 9.17) is 4.74 Å². The predicted octanol–water partition coefficient (Wildman–Crippen LogP) is 0.0346. The normalized spacial score (nSPS) is 12.4. The van der Waals surface area contributed by atoms with Gasteiger partial charge in [-0.05, 0) is 19.1 Å². The fraction of sp³-hybridized carbons (Fsp3) is 0.353. The summed E-state index contributed by atoms with van der Waals surface area (Å²) in [6.45, 7) is 1.25. The molecule has 0 spiro atoms. The number of hydrogen-bond donors (Lipinski definition) is 1. The van der Waals surface area contributed by atoms with Gasteiger partial charge in [0.25, 0.3) is 5.56 Å². The zero-order chi connectivity index (χ0) is 20.4. The van der Waals surface area contributed by atoms with Crippen molar-refractivity contribution in [3.05, 3.63) is 56.9 Å². The molecule has 9 nitrogen and oxygen atoms in total. The van der Waals surface area contributed by atoms with Crippen LogP contribution in [0.4, 0.5) is 5.69 Å². The van der Waals surface area contributed by atoms with E-state index in [0.717, 1.165) is 15.2 Å². The van der Waals surface area contributed by atoms with Crippen molar-refractivity contribution in [2.24, 2.45) is 14.1 Å². The minimum absolute atomic E-state index is 0.0139. The molecule has 27 heavy (non-hydrogen) atoms. The first-order chi connectivity index (χ1) is 12.6. The molecule has 1 atom stereocenters. The summed E-state index contributed by atoms with van der Waals surface area (Å²) in [7, 11) is 0.115. The quantitative estimate of drug-likeness (QED) is 0.738. The summed E-state index contributed by atoms with van der Waals surface area (Å²) >= 11 is 0. The molecule has 1 aromatic carbocycles. The molecule has 1 aromatic heterocycles. The summed E-state index contributed by atoms with van der Waals surface area (Å²) in [5.41, 5.74) is -0.902. The fourth-order valence-electron chi connectivity index (χ4n) is 2.39. The van der Waals surface area contributed by atoms with Crippen molar-refractivity contribution in [1.29, 1.82) is 0 Å². The van der Waals surface area contributed by atoms with E-state index in [1.807, 2.05) is 0 Å². The summed E-state index contributed by atoms with van der Waals surface area (Å²) < 4.78 is 32.3. The summed E-state index contributed by atoms with van der Waals surface area (Å²) in [4.78, 5) is 36.1. The van der Waals surface area contributed by atoms with Gasteiger partial charge < -0.3 is 10.1 Å². The average Bonchev–Trinajstić information content (AvgIpc) is 2.63. The van der Waals surface area contributed by atoms with E-state index in [0.29, 0.717) is 11.4 Å². The van der Waals surface area contributed by atoms with Gasteiger partial charge in [-0.25, -0.2) is 13.2 Å². The molecule has 1 N–H and O–H groups in total. The lowest BCUT2D eigenvalue weighted by Gasteiger charge is -2.16. The molecular weight excluding hydrogens is 374 g/mol. The first-order valence-corrected chi connectivity index (χ1v) is 9.71. The summed E-state index contributed by atoms with van der Waals surface area (Å²) in [6, 6.07) is 7.67. The number of nitrogens with zero attached hydrogens (tertiary/aromatic N) is 2. The number of sulfone groups is 1. The summed E-state index contributed by atoms with van der Waals surface area (Å²) in [5.74, 6) is -0.965. The van der Waals surface area contributed by atoms with Crippen molar-refractivity contribution in [3.63, 3.8) is 0 Å². The van der Waals surface area contributed by atoms with Crippen molar-refractivity contribution in [2.45, 2.75) is 17.9 Å². The Bertz CT molecular complexity index is 1080. The monoisotopic (exact) mass is 395 g/mol. The second-order valence-corrected chi connectivity index (χ2v) is 8.33. The van der Waals surface area contributed by atoms with Gasteiger partial charge in [-0.15, -0.1) is 0 Å². The van der Waals surface area contributed by atoms with Crippen molar-refractivity contribution in [1.82, 2.24) is 9.13 Å². The third-order valence-corrected chi connectivity index (χ3v) is 6.24. The number of ether oxygens (including phenoxy) is 1. The zero-order valence-corrected chi connectivity index (χ0v) is 16.2. The third kappa shape index (κ3) is 4.27. The lowest BCUT2D eigenvalue weighted by Crippen LogP contribution is -2.40. The molecule has 2 aromatic rings. The number of anilines is 1. The average molecular weight is 395 g/mol. The van der Waals surface area contributed by atoms with Crippen LogP contribution >= 0.6 is 0 Å². The van der Waals surface area contributed by atoms with Gasteiger partial charge in [0, 0.05) is 25.9 Å². The van der Waals surface area contributed by atoms with Gasteiger partial charge in [-0.1, -0.05) is 12.1 Å². The molecule has 2 rings (SSSR count). The van der Waals surface area contributed by atoms with Crippen LogP contribution < -0.4 is 21.3 Å². The van der Waals surface area contributed by atoms with Gasteiger partial charge in [0.1, 0.15) is 11.0 Å². The molecule has 10 heteroatoms. The molecule has 0 bridgehead atoms. The first-order valence-electron chi connectivity index (χ1n) is 8.00. The summed E-state index contributed by atoms with van der Waals surface area (Å²) in [6.07, 6.45) is 0. The van der Waals surface area contributed by atoms with Crippen molar-refractivity contribution in [3.8, 4) is 5.75 Å². The Kier molecular flexibility index (Phi) is 5.89. The highest BCUT2D eigenvalue weighted by molar-refractivity contribution is 7.92. The highest BCUT2D eigenvalue weighted by Crippen LogP contribution is 2.23. The molecule has 0 saturated carbocycles. The smallest absolute Gasteiger partial charge is 0.330 e. The van der Waals surface area contributed by atoms with Gasteiger partial charge in [0.2, 0.25) is 5.91 Å². The molecule has 0 aliphatic rings. The van der Waals surface area contributed by atoms with Crippen molar-refractivity contribution < 1.29 is 17.9 Å². The second-order valence-electron chi connectivity index (χ2n) is 6.01. The minimum Gasteiger partial charge on any atom is -0.495 e. The van der Waals surface area contributed by atoms with E-state index in [1.165, 1.54) is 28.1 Å². The molecule has 1 heterocycles. The van der Waals surface area contributed by atoms with Gasteiger partial charge in [0.15, 0.2) is 9.84 Å². The Hall–Kier alpha value is -2.88. The standard InChI is InChI=1S/C17H21N3O6S/c1-11(16(22)18-13-7-5-6-8-14(13)26-4)27(24,25)10-12-9-15(21)20(3)17(23)19(12)2/h5-9,11H,10H2,1-4H3,(H,18,22). The third-order valence-electron chi connectivity index (χ3n) is 4.25. The molecule has 1 amide bonds. The fourth-order valence-corrected chi connectivity index (χ4v) is 3.72. The highest BCUT2D eigenvalue weighted by atomic mass is 32.2. The minimum atomic E-state index is -3.98. The molecule has 0 saturated heterocycles. The van der Waals surface area contributed by atoms with Crippen LogP contribution in [0.25, 0.3) is 0 Å². The molecule has 146 valence electrons. The van der Waals surface area contributed by atoms with E-state index < -0.39 is 38.0 Å². The van der Waals surface area contributed by atoms with E-state index >= 15 is 0 Å². The lowest BCUT2D eigenvalue weighted by molar-refractivity contribution is -0.115. The second kappa shape index (κ2) is 7.78. The van der Waals surface area contributed by atoms with Gasteiger partial charge in [-0.3, -0.25) is 18.7 Å². The lowest BCUT2D eigenvalue weighted by atomic mass is 10.3. The molecule has 1 unspecified atom stereocenters. The van der Waals surface area contributed by atoms with E-state index in [2.05, 4.69) is 5.32 Å². The number of methoxy groups -OCH3 is 1. The topological polar surface area (TPSA) is 116 Å². The maximum Gasteiger partial charge on any atom is 0.330 e. The number of rotatable bonds is 6. The largest absolute Gasteiger partial charge is 0.495 e. The Morgan fingerprint density at radius 3 is 2.44 bits per heavy atom. The molecular formula is C17H21N3O6S. The number of carbonyl (C=O) groups excluding carboxylic acids is 1. The van der Waals surface area contributed by atoms with Gasteiger partial charge in [-0.2, -0.15) is 0 Å².